The molecule has 1 aliphatic heterocycles. The topological polar surface area (TPSA) is 87.4 Å². The number of hydrogen-bond donors (Lipinski definition) is 1. The number of nitrogens with zero attached hydrogens (tertiary/aromatic N) is 1. The lowest BCUT2D eigenvalue weighted by atomic mass is 9.72. The number of nitriles is 1. The summed E-state index contributed by atoms with van der Waals surface area (Å²) in [5.41, 5.74) is -0.740. The summed E-state index contributed by atoms with van der Waals surface area (Å²) in [5, 5.41) is 18.7. The Kier molecular flexibility index (Phi) is 3.38. The highest BCUT2D eigenvalue weighted by atomic mass is 16.5. The van der Waals surface area contributed by atoms with Gasteiger partial charge in [-0.3, -0.25) is 9.59 Å². The minimum Gasteiger partial charge on any atom is -0.483 e. The van der Waals surface area contributed by atoms with Crippen LogP contribution in [0, 0.1) is 16.7 Å². The van der Waals surface area contributed by atoms with Gasteiger partial charge in [-0.25, -0.2) is 0 Å². The van der Waals surface area contributed by atoms with Crippen LogP contribution in [-0.2, 0) is 4.79 Å². The van der Waals surface area contributed by atoms with Gasteiger partial charge in [0.1, 0.15) is 11.9 Å². The van der Waals surface area contributed by atoms with Crippen molar-refractivity contribution < 1.29 is 19.4 Å². The second kappa shape index (κ2) is 5.25. The molecular formula is C18H13NO4. The van der Waals surface area contributed by atoms with Gasteiger partial charge in [-0.05, 0) is 30.7 Å². The minimum atomic E-state index is -1.76. The van der Waals surface area contributed by atoms with E-state index in [1.165, 1.54) is 25.1 Å². The molecule has 0 bridgehead atoms. The number of aliphatic carboxylic acids is 1. The van der Waals surface area contributed by atoms with Gasteiger partial charge >= 0.3 is 5.97 Å². The normalized spacial score (nSPS) is 22.6. The van der Waals surface area contributed by atoms with Crippen molar-refractivity contribution in [2.75, 3.05) is 0 Å². The van der Waals surface area contributed by atoms with Gasteiger partial charge in [0, 0.05) is 0 Å². The maximum atomic E-state index is 12.9. The van der Waals surface area contributed by atoms with Crippen molar-refractivity contribution in [1.29, 1.82) is 5.26 Å². The zero-order valence-corrected chi connectivity index (χ0v) is 12.3. The molecule has 0 amide bonds. The van der Waals surface area contributed by atoms with Crippen LogP contribution >= 0.6 is 0 Å². The average Bonchev–Trinajstić information content (AvgIpc) is 2.58. The zero-order valence-electron chi connectivity index (χ0n) is 12.3. The summed E-state index contributed by atoms with van der Waals surface area (Å²) in [6.45, 7) is 1.36. The summed E-state index contributed by atoms with van der Waals surface area (Å²) in [6, 6.07) is 15.2. The number of Topliss-reactive ketones (excluding diaryl/α,β-unsaturated/α-hetero) is 1. The van der Waals surface area contributed by atoms with Crippen LogP contribution in [0.1, 0.15) is 34.5 Å². The Morgan fingerprint density at radius 2 is 1.96 bits per heavy atom. The monoisotopic (exact) mass is 307 g/mol. The Bertz CT molecular complexity index is 838. The van der Waals surface area contributed by atoms with E-state index in [4.69, 9.17) is 10.00 Å². The lowest BCUT2D eigenvalue weighted by molar-refractivity contribution is -0.150. The fraction of sp³-hybridized carbons (Fsp3) is 0.167. The Morgan fingerprint density at radius 1 is 1.26 bits per heavy atom. The Balaban J connectivity index is 2.20. The van der Waals surface area contributed by atoms with Crippen LogP contribution < -0.4 is 4.74 Å². The standard InChI is InChI=1S/C18H13NO4/c1-18(17(21)22)15(20)13-9-11(10-19)7-8-14(13)23-16(18)12-5-3-2-4-6-12/h2-9,16H,1H3,(H,21,22). The largest absolute Gasteiger partial charge is 0.483 e. The molecule has 1 heterocycles. The van der Waals surface area contributed by atoms with Crippen molar-refractivity contribution in [2.45, 2.75) is 13.0 Å². The molecule has 1 aliphatic rings. The summed E-state index contributed by atoms with van der Waals surface area (Å²) in [7, 11) is 0. The minimum absolute atomic E-state index is 0.126. The molecule has 5 nitrogen and oxygen atoms in total. The van der Waals surface area contributed by atoms with Crippen LogP contribution in [0.4, 0.5) is 0 Å². The van der Waals surface area contributed by atoms with E-state index < -0.39 is 23.3 Å². The second-order valence-corrected chi connectivity index (χ2v) is 5.57. The van der Waals surface area contributed by atoms with Gasteiger partial charge in [0.05, 0.1) is 17.2 Å². The number of carbonyl (C=O) groups is 2. The molecule has 1 N–H and O–H groups in total. The average molecular weight is 307 g/mol. The highest BCUT2D eigenvalue weighted by molar-refractivity contribution is 6.14. The van der Waals surface area contributed by atoms with Crippen LogP contribution in [0.25, 0.3) is 0 Å². The third kappa shape index (κ3) is 2.16. The summed E-state index contributed by atoms with van der Waals surface area (Å²) < 4.78 is 5.85. The molecule has 0 aliphatic carbocycles. The van der Waals surface area contributed by atoms with Crippen molar-refractivity contribution in [3.05, 3.63) is 65.2 Å². The van der Waals surface area contributed by atoms with Crippen molar-refractivity contribution in [1.82, 2.24) is 0 Å². The van der Waals surface area contributed by atoms with Crippen LogP contribution in [0.2, 0.25) is 0 Å². The SMILES string of the molecule is CC1(C(=O)O)C(=O)c2cc(C#N)ccc2OC1c1ccccc1. The Labute approximate surface area is 132 Å². The van der Waals surface area contributed by atoms with E-state index in [9.17, 15) is 14.7 Å². The first-order valence-corrected chi connectivity index (χ1v) is 7.02. The maximum absolute atomic E-state index is 12.9. The molecule has 23 heavy (non-hydrogen) atoms. The highest BCUT2D eigenvalue weighted by Gasteiger charge is 2.54. The van der Waals surface area contributed by atoms with Gasteiger partial charge in [-0.15, -0.1) is 0 Å². The van der Waals surface area contributed by atoms with E-state index in [0.29, 0.717) is 11.3 Å². The van der Waals surface area contributed by atoms with Crippen molar-refractivity contribution in [3.63, 3.8) is 0 Å². The number of ether oxygens (including phenoxy) is 1. The first kappa shape index (κ1) is 14.8. The number of hydrogen-bond acceptors (Lipinski definition) is 4. The molecule has 0 saturated carbocycles. The molecule has 2 aromatic carbocycles. The lowest BCUT2D eigenvalue weighted by Crippen LogP contribution is -2.47. The van der Waals surface area contributed by atoms with E-state index in [1.54, 1.807) is 30.3 Å². The zero-order chi connectivity index (χ0) is 16.6. The van der Waals surface area contributed by atoms with Crippen LogP contribution in [0.15, 0.2) is 48.5 Å². The van der Waals surface area contributed by atoms with Crippen molar-refractivity contribution >= 4 is 11.8 Å². The van der Waals surface area contributed by atoms with Crippen LogP contribution in [0.3, 0.4) is 0 Å². The van der Waals surface area contributed by atoms with Crippen LogP contribution in [-0.4, -0.2) is 16.9 Å². The highest BCUT2D eigenvalue weighted by Crippen LogP contribution is 2.46. The first-order chi connectivity index (χ1) is 11.0. The molecule has 0 spiro atoms. The predicted octanol–water partition coefficient (Wildman–Crippen LogP) is 2.97. The van der Waals surface area contributed by atoms with E-state index in [2.05, 4.69) is 0 Å². The molecule has 2 unspecified atom stereocenters. The Morgan fingerprint density at radius 3 is 2.57 bits per heavy atom. The first-order valence-electron chi connectivity index (χ1n) is 7.02. The molecule has 0 fully saturated rings. The van der Waals surface area contributed by atoms with Crippen LogP contribution in [0.5, 0.6) is 5.75 Å². The fourth-order valence-corrected chi connectivity index (χ4v) is 2.76. The van der Waals surface area contributed by atoms with E-state index in [0.717, 1.165) is 0 Å². The predicted molar refractivity (Wildman–Crippen MR) is 81.0 cm³/mol. The van der Waals surface area contributed by atoms with Gasteiger partial charge < -0.3 is 9.84 Å². The summed E-state index contributed by atoms with van der Waals surface area (Å²) in [6.07, 6.45) is -0.936. The molecule has 0 saturated heterocycles. The number of fused-ring (bicyclic) bond motifs is 1. The van der Waals surface area contributed by atoms with Gasteiger partial charge in [0.2, 0.25) is 0 Å². The number of ketones is 1. The van der Waals surface area contributed by atoms with Gasteiger partial charge in [0.15, 0.2) is 11.2 Å². The molecule has 5 heteroatoms. The molecule has 114 valence electrons. The third-order valence-corrected chi connectivity index (χ3v) is 4.14. The molecule has 3 rings (SSSR count). The van der Waals surface area contributed by atoms with E-state index in [1.807, 2.05) is 6.07 Å². The van der Waals surface area contributed by atoms with Crippen molar-refractivity contribution in [2.24, 2.45) is 5.41 Å². The fourth-order valence-electron chi connectivity index (χ4n) is 2.76. The number of carboxylic acids is 1. The van der Waals surface area contributed by atoms with Gasteiger partial charge in [-0.1, -0.05) is 30.3 Å². The van der Waals surface area contributed by atoms with Gasteiger partial charge in [-0.2, -0.15) is 5.26 Å². The number of rotatable bonds is 2. The molecule has 0 radical (unpaired) electrons. The number of carbonyl (C=O) groups excluding carboxylic acids is 1. The number of benzene rings is 2. The van der Waals surface area contributed by atoms with Crippen molar-refractivity contribution in [3.8, 4) is 11.8 Å². The summed E-state index contributed by atoms with van der Waals surface area (Å²) >= 11 is 0. The quantitative estimate of drug-likeness (QED) is 0.862. The third-order valence-electron chi connectivity index (χ3n) is 4.14. The van der Waals surface area contributed by atoms with E-state index >= 15 is 0 Å². The Hall–Kier alpha value is -3.13. The lowest BCUT2D eigenvalue weighted by Gasteiger charge is -2.37. The molecule has 2 atom stereocenters. The molecular weight excluding hydrogens is 294 g/mol. The second-order valence-electron chi connectivity index (χ2n) is 5.57. The molecule has 2 aromatic rings. The maximum Gasteiger partial charge on any atom is 0.321 e. The molecule has 0 aromatic heterocycles. The summed E-state index contributed by atoms with van der Waals surface area (Å²) in [5.74, 6) is -1.52. The number of carboxylic acid groups (broad SMARTS) is 1. The van der Waals surface area contributed by atoms with Gasteiger partial charge in [0.25, 0.3) is 0 Å². The summed E-state index contributed by atoms with van der Waals surface area (Å²) in [4.78, 5) is 24.7. The van der Waals surface area contributed by atoms with E-state index in [-0.39, 0.29) is 11.1 Å². The smallest absolute Gasteiger partial charge is 0.321 e.